The topological polar surface area (TPSA) is 139 Å². The van der Waals surface area contributed by atoms with Crippen molar-refractivity contribution in [3.63, 3.8) is 0 Å². The number of nitrogens with zero attached hydrogens (tertiary/aromatic N) is 2. The lowest BCUT2D eigenvalue weighted by Gasteiger charge is -2.23. The predicted molar refractivity (Wildman–Crippen MR) is 118 cm³/mol. The zero-order chi connectivity index (χ0) is 23.4. The Morgan fingerprint density at radius 1 is 1.10 bits per heavy atom. The van der Waals surface area contributed by atoms with Crippen molar-refractivity contribution < 1.29 is 22.9 Å². The fourth-order valence-corrected chi connectivity index (χ4v) is 3.53. The highest BCUT2D eigenvalue weighted by atomic mass is 32.2. The average Bonchev–Trinajstić information content (AvgIpc) is 2.64. The summed E-state index contributed by atoms with van der Waals surface area (Å²) >= 11 is 0. The summed E-state index contributed by atoms with van der Waals surface area (Å²) in [6.45, 7) is 4.81. The van der Waals surface area contributed by atoms with Crippen LogP contribution in [0.3, 0.4) is 0 Å². The second-order valence-electron chi connectivity index (χ2n) is 7.84. The van der Waals surface area contributed by atoms with Crippen LogP contribution >= 0.6 is 0 Å². The molecule has 0 unspecified atom stereocenters. The molecule has 0 bridgehead atoms. The third-order valence-corrected chi connectivity index (χ3v) is 5.09. The van der Waals surface area contributed by atoms with Crippen LogP contribution < -0.4 is 14.9 Å². The van der Waals surface area contributed by atoms with Crippen molar-refractivity contribution in [2.75, 3.05) is 22.4 Å². The largest absolute Gasteiger partial charge is 0.347 e. The van der Waals surface area contributed by atoms with Crippen molar-refractivity contribution >= 4 is 38.9 Å². The lowest BCUT2D eigenvalue weighted by molar-refractivity contribution is -0.384. The second-order valence-corrected chi connectivity index (χ2v) is 9.75. The normalized spacial score (nSPS) is 11.5. The van der Waals surface area contributed by atoms with E-state index in [4.69, 9.17) is 0 Å². The Morgan fingerprint density at radius 3 is 2.32 bits per heavy atom. The van der Waals surface area contributed by atoms with E-state index in [0.29, 0.717) is 0 Å². The summed E-state index contributed by atoms with van der Waals surface area (Å²) in [5.41, 5.74) is -0.404. The van der Waals surface area contributed by atoms with Gasteiger partial charge in [-0.2, -0.15) is 0 Å². The SMILES string of the molecule is CC(C)(C)NC(=O)c1ccccc1NC(=O)CN(c1cccc([N+](=O)[O-])c1)S(C)(=O)=O. The van der Waals surface area contributed by atoms with Crippen LogP contribution in [-0.4, -0.2) is 43.5 Å². The van der Waals surface area contributed by atoms with E-state index in [2.05, 4.69) is 10.6 Å². The summed E-state index contributed by atoms with van der Waals surface area (Å²) in [5, 5.41) is 16.4. The third-order valence-electron chi connectivity index (χ3n) is 3.95. The molecule has 2 rings (SSSR count). The Bertz CT molecular complexity index is 1110. The first-order valence-corrected chi connectivity index (χ1v) is 11.1. The summed E-state index contributed by atoms with van der Waals surface area (Å²) in [6, 6.07) is 11.3. The lowest BCUT2D eigenvalue weighted by Crippen LogP contribution is -2.41. The Labute approximate surface area is 180 Å². The van der Waals surface area contributed by atoms with Gasteiger partial charge in [0.25, 0.3) is 11.6 Å². The Balaban J connectivity index is 2.28. The zero-order valence-corrected chi connectivity index (χ0v) is 18.4. The molecule has 0 aromatic heterocycles. The molecule has 2 amide bonds. The molecule has 2 aromatic rings. The number of amides is 2. The summed E-state index contributed by atoms with van der Waals surface area (Å²) in [5.74, 6) is -1.12. The molecule has 0 aliphatic rings. The molecule has 11 heteroatoms. The van der Waals surface area contributed by atoms with Gasteiger partial charge in [0.1, 0.15) is 6.54 Å². The summed E-state index contributed by atoms with van der Waals surface area (Å²) < 4.78 is 25.2. The molecule has 0 aliphatic carbocycles. The molecule has 0 radical (unpaired) electrons. The maximum absolute atomic E-state index is 12.6. The van der Waals surface area contributed by atoms with E-state index in [9.17, 15) is 28.1 Å². The van der Waals surface area contributed by atoms with Crippen molar-refractivity contribution in [2.45, 2.75) is 26.3 Å². The van der Waals surface area contributed by atoms with Gasteiger partial charge in [-0.25, -0.2) is 8.42 Å². The third kappa shape index (κ3) is 6.78. The number of nitro groups is 1. The van der Waals surface area contributed by atoms with Gasteiger partial charge in [-0.15, -0.1) is 0 Å². The van der Waals surface area contributed by atoms with Gasteiger partial charge in [-0.3, -0.25) is 24.0 Å². The van der Waals surface area contributed by atoms with Crippen LogP contribution in [0, 0.1) is 10.1 Å². The minimum Gasteiger partial charge on any atom is -0.347 e. The minimum absolute atomic E-state index is 0.0226. The van der Waals surface area contributed by atoms with Crippen LogP contribution in [0.5, 0.6) is 0 Å². The highest BCUT2D eigenvalue weighted by Crippen LogP contribution is 2.23. The summed E-state index contributed by atoms with van der Waals surface area (Å²) in [7, 11) is -3.93. The summed E-state index contributed by atoms with van der Waals surface area (Å²) in [6.07, 6.45) is 0.893. The number of anilines is 2. The number of nitrogens with one attached hydrogen (secondary N) is 2. The molecule has 166 valence electrons. The van der Waals surface area contributed by atoms with Gasteiger partial charge in [-0.05, 0) is 39.0 Å². The van der Waals surface area contributed by atoms with Gasteiger partial charge in [-0.1, -0.05) is 18.2 Å². The average molecular weight is 449 g/mol. The number of hydrogen-bond donors (Lipinski definition) is 2. The molecule has 2 aromatic carbocycles. The highest BCUT2D eigenvalue weighted by molar-refractivity contribution is 7.92. The van der Waals surface area contributed by atoms with Gasteiger partial charge in [0, 0.05) is 17.7 Å². The number of carbonyl (C=O) groups is 2. The maximum atomic E-state index is 12.6. The number of sulfonamides is 1. The van der Waals surface area contributed by atoms with Crippen LogP contribution in [-0.2, 0) is 14.8 Å². The van der Waals surface area contributed by atoms with Crippen LogP contribution in [0.1, 0.15) is 31.1 Å². The van der Waals surface area contributed by atoms with Crippen molar-refractivity contribution in [2.24, 2.45) is 0 Å². The zero-order valence-electron chi connectivity index (χ0n) is 17.6. The van der Waals surface area contributed by atoms with Gasteiger partial charge < -0.3 is 10.6 Å². The van der Waals surface area contributed by atoms with Crippen LogP contribution in [0.4, 0.5) is 17.1 Å². The lowest BCUT2D eigenvalue weighted by atomic mass is 10.1. The molecule has 10 nitrogen and oxygen atoms in total. The van der Waals surface area contributed by atoms with Gasteiger partial charge in [0.05, 0.1) is 28.1 Å². The van der Waals surface area contributed by atoms with E-state index in [-0.39, 0.29) is 22.6 Å². The predicted octanol–water partition coefficient (Wildman–Crippen LogP) is 2.53. The van der Waals surface area contributed by atoms with E-state index in [0.717, 1.165) is 16.6 Å². The van der Waals surface area contributed by atoms with E-state index in [1.807, 2.05) is 20.8 Å². The fourth-order valence-electron chi connectivity index (χ4n) is 2.68. The molecule has 0 saturated carbocycles. The number of hydrogen-bond acceptors (Lipinski definition) is 6. The van der Waals surface area contributed by atoms with Crippen LogP contribution in [0.15, 0.2) is 48.5 Å². The van der Waals surface area contributed by atoms with E-state index >= 15 is 0 Å². The number of benzene rings is 2. The molecule has 0 spiro atoms. The maximum Gasteiger partial charge on any atom is 0.271 e. The molecule has 0 fully saturated rings. The molecular weight excluding hydrogens is 424 g/mol. The first-order chi connectivity index (χ1) is 14.3. The molecular formula is C20H24N4O6S. The molecule has 0 atom stereocenters. The molecule has 0 aliphatic heterocycles. The number of carbonyl (C=O) groups excluding carboxylic acids is 2. The molecule has 31 heavy (non-hydrogen) atoms. The molecule has 0 heterocycles. The monoisotopic (exact) mass is 448 g/mol. The Morgan fingerprint density at radius 2 is 1.74 bits per heavy atom. The second kappa shape index (κ2) is 9.13. The number of nitro benzene ring substituents is 1. The quantitative estimate of drug-likeness (QED) is 0.493. The standard InChI is InChI=1S/C20H24N4O6S/c1-20(2,3)22-19(26)16-10-5-6-11-17(16)21-18(25)13-23(31(4,29)30)14-8-7-9-15(12-14)24(27)28/h5-12H,13H2,1-4H3,(H,21,25)(H,22,26). The van der Waals surface area contributed by atoms with E-state index < -0.39 is 38.8 Å². The minimum atomic E-state index is -3.93. The summed E-state index contributed by atoms with van der Waals surface area (Å²) in [4.78, 5) is 35.5. The number of non-ortho nitro benzene ring substituents is 1. The van der Waals surface area contributed by atoms with Crippen molar-refractivity contribution in [1.29, 1.82) is 0 Å². The first kappa shape index (κ1) is 23.8. The van der Waals surface area contributed by atoms with Gasteiger partial charge >= 0.3 is 0 Å². The van der Waals surface area contributed by atoms with Crippen molar-refractivity contribution in [1.82, 2.24) is 5.32 Å². The molecule has 2 N–H and O–H groups in total. The molecule has 0 saturated heterocycles. The Hall–Kier alpha value is -3.47. The van der Waals surface area contributed by atoms with Gasteiger partial charge in [0.15, 0.2) is 0 Å². The van der Waals surface area contributed by atoms with Gasteiger partial charge in [0.2, 0.25) is 15.9 Å². The van der Waals surface area contributed by atoms with Crippen LogP contribution in [0.2, 0.25) is 0 Å². The van der Waals surface area contributed by atoms with Crippen molar-refractivity contribution in [3.8, 4) is 0 Å². The fraction of sp³-hybridized carbons (Fsp3) is 0.300. The van der Waals surface area contributed by atoms with E-state index in [1.54, 1.807) is 12.1 Å². The van der Waals surface area contributed by atoms with E-state index in [1.165, 1.54) is 30.3 Å². The number of rotatable bonds is 7. The van der Waals surface area contributed by atoms with Crippen molar-refractivity contribution in [3.05, 3.63) is 64.2 Å². The highest BCUT2D eigenvalue weighted by Gasteiger charge is 2.24. The van der Waals surface area contributed by atoms with Crippen LogP contribution in [0.25, 0.3) is 0 Å². The smallest absolute Gasteiger partial charge is 0.271 e. The number of para-hydroxylation sites is 1. The first-order valence-electron chi connectivity index (χ1n) is 9.21. The Kier molecular flexibility index (Phi) is 7.01.